The monoisotopic (exact) mass is 421 g/mol. The van der Waals surface area contributed by atoms with E-state index in [4.69, 9.17) is 4.74 Å². The minimum absolute atomic E-state index is 0.220. The van der Waals surface area contributed by atoms with Crippen LogP contribution in [0.1, 0.15) is 16.1 Å². The number of ether oxygens (including phenoxy) is 1. The van der Waals surface area contributed by atoms with Crippen molar-refractivity contribution in [3.8, 4) is 0 Å². The molecule has 0 fully saturated rings. The molecule has 0 radical (unpaired) electrons. The van der Waals surface area contributed by atoms with Crippen molar-refractivity contribution >= 4 is 42.6 Å². The van der Waals surface area contributed by atoms with Gasteiger partial charge in [-0.3, -0.25) is 0 Å². The summed E-state index contributed by atoms with van der Waals surface area (Å²) in [4.78, 5) is 12.4. The summed E-state index contributed by atoms with van der Waals surface area (Å²) in [6.07, 6.45) is 1.16. The van der Waals surface area contributed by atoms with Crippen molar-refractivity contribution in [2.45, 2.75) is 11.4 Å². The van der Waals surface area contributed by atoms with Gasteiger partial charge in [-0.2, -0.15) is 0 Å². The number of hydrogen-bond donors (Lipinski definition) is 0. The molecule has 0 atom stereocenters. The summed E-state index contributed by atoms with van der Waals surface area (Å²) in [6.45, 7) is 0.472. The minimum Gasteiger partial charge on any atom is -0.464 e. The molecule has 0 amide bonds. The zero-order chi connectivity index (χ0) is 18.2. The van der Waals surface area contributed by atoms with Gasteiger partial charge in [-0.25, -0.2) is 13.2 Å². The van der Waals surface area contributed by atoms with E-state index >= 15 is 0 Å². The number of benzene rings is 2. The summed E-state index contributed by atoms with van der Waals surface area (Å²) in [7, 11) is -1.99. The Bertz CT molecular complexity index is 1050. The maximum absolute atomic E-state index is 12.2. The van der Waals surface area contributed by atoms with Gasteiger partial charge in [-0.05, 0) is 42.0 Å². The molecule has 0 saturated heterocycles. The van der Waals surface area contributed by atoms with Crippen molar-refractivity contribution in [3.05, 3.63) is 64.3 Å². The molecule has 0 aliphatic rings. The Morgan fingerprint density at radius 3 is 2.40 bits per heavy atom. The van der Waals surface area contributed by atoms with Gasteiger partial charge in [0.1, 0.15) is 5.69 Å². The minimum atomic E-state index is -3.32. The fourth-order valence-corrected chi connectivity index (χ4v) is 3.62. The van der Waals surface area contributed by atoms with Gasteiger partial charge in [0.05, 0.1) is 12.0 Å². The number of hydrogen-bond acceptors (Lipinski definition) is 4. The zero-order valence-corrected chi connectivity index (χ0v) is 16.1. The highest BCUT2D eigenvalue weighted by molar-refractivity contribution is 9.10. The van der Waals surface area contributed by atoms with E-state index in [1.165, 1.54) is 7.11 Å². The smallest absolute Gasteiger partial charge is 0.354 e. The first-order valence-corrected chi connectivity index (χ1v) is 10.1. The lowest BCUT2D eigenvalue weighted by atomic mass is 10.2. The van der Waals surface area contributed by atoms with Crippen LogP contribution in [0.5, 0.6) is 0 Å². The standard InChI is InChI=1S/C18H16BrNO4S/c1-24-18(21)17-10-13-9-15(25(2,22)23)7-8-16(13)20(17)11-12-3-5-14(19)6-4-12/h3-10H,11H2,1-2H3. The number of esters is 1. The number of methoxy groups -OCH3 is 1. The summed E-state index contributed by atoms with van der Waals surface area (Å²) in [6, 6.07) is 14.3. The predicted octanol–water partition coefficient (Wildman–Crippen LogP) is 3.64. The molecule has 7 heteroatoms. The van der Waals surface area contributed by atoms with Gasteiger partial charge in [-0.1, -0.05) is 28.1 Å². The molecule has 1 heterocycles. The average molecular weight is 422 g/mol. The van der Waals surface area contributed by atoms with Crippen molar-refractivity contribution in [3.63, 3.8) is 0 Å². The molecule has 0 bridgehead atoms. The van der Waals surface area contributed by atoms with Crippen LogP contribution in [0.4, 0.5) is 0 Å². The molecule has 1 aromatic heterocycles. The van der Waals surface area contributed by atoms with Crippen LogP contribution in [-0.2, 0) is 21.1 Å². The maximum atomic E-state index is 12.2. The Hall–Kier alpha value is -2.12. The Balaban J connectivity index is 2.16. The van der Waals surface area contributed by atoms with E-state index in [0.29, 0.717) is 17.6 Å². The first-order chi connectivity index (χ1) is 11.8. The van der Waals surface area contributed by atoms with Gasteiger partial charge in [0.15, 0.2) is 9.84 Å². The highest BCUT2D eigenvalue weighted by Gasteiger charge is 2.18. The Morgan fingerprint density at radius 2 is 1.80 bits per heavy atom. The summed E-state index contributed by atoms with van der Waals surface area (Å²) >= 11 is 3.40. The lowest BCUT2D eigenvalue weighted by Gasteiger charge is -2.10. The normalized spacial score (nSPS) is 11.6. The second-order valence-corrected chi connectivity index (χ2v) is 8.66. The number of carbonyl (C=O) groups excluding carboxylic acids is 1. The SMILES string of the molecule is COC(=O)c1cc2cc(S(C)(=O)=O)ccc2n1Cc1ccc(Br)cc1. The van der Waals surface area contributed by atoms with Crippen LogP contribution >= 0.6 is 15.9 Å². The van der Waals surface area contributed by atoms with Crippen LogP contribution in [0.15, 0.2) is 57.9 Å². The Kier molecular flexibility index (Phi) is 4.71. The fraction of sp³-hybridized carbons (Fsp3) is 0.167. The second-order valence-electron chi connectivity index (χ2n) is 5.73. The molecule has 0 spiro atoms. The first-order valence-electron chi connectivity index (χ1n) is 7.45. The number of carbonyl (C=O) groups is 1. The van der Waals surface area contributed by atoms with Crippen molar-refractivity contribution in [1.29, 1.82) is 0 Å². The number of fused-ring (bicyclic) bond motifs is 1. The van der Waals surface area contributed by atoms with Crippen LogP contribution in [0, 0.1) is 0 Å². The summed E-state index contributed by atoms with van der Waals surface area (Å²) < 4.78 is 31.2. The number of aromatic nitrogens is 1. The maximum Gasteiger partial charge on any atom is 0.354 e. The zero-order valence-electron chi connectivity index (χ0n) is 13.7. The molecule has 2 aromatic carbocycles. The van der Waals surface area contributed by atoms with E-state index in [9.17, 15) is 13.2 Å². The second kappa shape index (κ2) is 6.65. The first kappa shape index (κ1) is 17.7. The van der Waals surface area contributed by atoms with Crippen LogP contribution in [0.3, 0.4) is 0 Å². The van der Waals surface area contributed by atoms with Crippen molar-refractivity contribution < 1.29 is 17.9 Å². The van der Waals surface area contributed by atoms with Gasteiger partial charge in [0, 0.05) is 28.2 Å². The van der Waals surface area contributed by atoms with Gasteiger partial charge >= 0.3 is 5.97 Å². The highest BCUT2D eigenvalue weighted by atomic mass is 79.9. The van der Waals surface area contributed by atoms with Gasteiger partial charge < -0.3 is 9.30 Å². The largest absolute Gasteiger partial charge is 0.464 e. The van der Waals surface area contributed by atoms with Gasteiger partial charge in [0.2, 0.25) is 0 Å². The number of sulfone groups is 1. The van der Waals surface area contributed by atoms with Crippen LogP contribution < -0.4 is 0 Å². The lowest BCUT2D eigenvalue weighted by Crippen LogP contribution is -2.11. The van der Waals surface area contributed by atoms with Crippen molar-refractivity contribution in [2.24, 2.45) is 0 Å². The molecule has 130 valence electrons. The van der Waals surface area contributed by atoms with E-state index in [1.54, 1.807) is 24.3 Å². The summed E-state index contributed by atoms with van der Waals surface area (Å²) in [5.41, 5.74) is 2.17. The molecular weight excluding hydrogens is 406 g/mol. The predicted molar refractivity (Wildman–Crippen MR) is 99.6 cm³/mol. The average Bonchev–Trinajstić information content (AvgIpc) is 2.93. The van der Waals surface area contributed by atoms with E-state index in [2.05, 4.69) is 15.9 Å². The number of rotatable bonds is 4. The highest BCUT2D eigenvalue weighted by Crippen LogP contribution is 2.25. The molecule has 0 aliphatic carbocycles. The lowest BCUT2D eigenvalue weighted by molar-refractivity contribution is 0.0589. The number of halogens is 1. The topological polar surface area (TPSA) is 65.4 Å². The molecule has 3 aromatic rings. The molecule has 0 aliphatic heterocycles. The van der Waals surface area contributed by atoms with Crippen LogP contribution in [0.25, 0.3) is 10.9 Å². The van der Waals surface area contributed by atoms with Crippen molar-refractivity contribution in [2.75, 3.05) is 13.4 Å². The van der Waals surface area contributed by atoms with Crippen LogP contribution in [0.2, 0.25) is 0 Å². The number of nitrogens with zero attached hydrogens (tertiary/aromatic N) is 1. The Labute approximate surface area is 154 Å². The molecule has 5 nitrogen and oxygen atoms in total. The molecule has 0 unspecified atom stereocenters. The van der Waals surface area contributed by atoms with Crippen molar-refractivity contribution in [1.82, 2.24) is 4.57 Å². The molecule has 0 N–H and O–H groups in total. The summed E-state index contributed by atoms with van der Waals surface area (Å²) in [5, 5.41) is 0.681. The van der Waals surface area contributed by atoms with E-state index in [-0.39, 0.29) is 4.90 Å². The van der Waals surface area contributed by atoms with E-state index in [1.807, 2.05) is 28.8 Å². The summed E-state index contributed by atoms with van der Waals surface area (Å²) in [5.74, 6) is -0.464. The quantitative estimate of drug-likeness (QED) is 0.603. The third kappa shape index (κ3) is 3.62. The van der Waals surface area contributed by atoms with Crippen LogP contribution in [-0.4, -0.2) is 32.3 Å². The van der Waals surface area contributed by atoms with E-state index in [0.717, 1.165) is 21.8 Å². The third-order valence-electron chi connectivity index (χ3n) is 3.95. The fourth-order valence-electron chi connectivity index (χ4n) is 2.70. The molecule has 0 saturated carbocycles. The molecular formula is C18H16BrNO4S. The van der Waals surface area contributed by atoms with E-state index < -0.39 is 15.8 Å². The molecule has 3 rings (SSSR count). The molecule has 25 heavy (non-hydrogen) atoms. The van der Waals surface area contributed by atoms with Gasteiger partial charge in [-0.15, -0.1) is 0 Å². The Morgan fingerprint density at radius 1 is 1.12 bits per heavy atom. The third-order valence-corrected chi connectivity index (χ3v) is 5.59. The van der Waals surface area contributed by atoms with Gasteiger partial charge in [0.25, 0.3) is 0 Å².